The summed E-state index contributed by atoms with van der Waals surface area (Å²) < 4.78 is 0. The third kappa shape index (κ3) is 2.40. The summed E-state index contributed by atoms with van der Waals surface area (Å²) in [5.41, 5.74) is 2.04. The highest BCUT2D eigenvalue weighted by atomic mass is 16.1. The van der Waals surface area contributed by atoms with Crippen molar-refractivity contribution in [2.75, 3.05) is 0 Å². The zero-order valence-corrected chi connectivity index (χ0v) is 8.32. The normalized spacial score (nSPS) is 11.8. The second-order valence-electron chi connectivity index (χ2n) is 3.30. The minimum absolute atomic E-state index is 0.0799. The van der Waals surface area contributed by atoms with E-state index in [1.54, 1.807) is 12.4 Å². The number of pyridine rings is 1. The van der Waals surface area contributed by atoms with Gasteiger partial charge in [-0.1, -0.05) is 0 Å². The van der Waals surface area contributed by atoms with Crippen LogP contribution in [0.4, 0.5) is 0 Å². The highest BCUT2D eigenvalue weighted by molar-refractivity contribution is 5.81. The molecule has 72 valence electrons. The summed E-state index contributed by atoms with van der Waals surface area (Å²) in [5, 5.41) is 8.76. The van der Waals surface area contributed by atoms with E-state index in [4.69, 9.17) is 5.26 Å². The van der Waals surface area contributed by atoms with E-state index in [0.29, 0.717) is 6.42 Å². The molecule has 0 radical (unpaired) electrons. The van der Waals surface area contributed by atoms with Gasteiger partial charge in [0.15, 0.2) is 0 Å². The number of carbonyl (C=O) groups excluding carboxylic acids is 1. The number of ketones is 1. The Labute approximate surface area is 83.4 Å². The standard InChI is InChI=1S/C11H12N2O/c1-8-7-13-4-3-10(8)5-11(6-12)9(2)14/h3-4,7,11H,5H2,1-2H3. The second kappa shape index (κ2) is 4.52. The Bertz CT molecular complexity index is 379. The van der Waals surface area contributed by atoms with Crippen LogP contribution in [-0.2, 0) is 11.2 Å². The minimum Gasteiger partial charge on any atom is -0.299 e. The molecule has 0 saturated heterocycles. The largest absolute Gasteiger partial charge is 0.299 e. The number of rotatable bonds is 3. The van der Waals surface area contributed by atoms with Crippen LogP contribution in [-0.4, -0.2) is 10.8 Å². The molecule has 1 atom stereocenters. The molecule has 3 nitrogen and oxygen atoms in total. The average Bonchev–Trinajstić information content (AvgIpc) is 2.16. The predicted molar refractivity (Wildman–Crippen MR) is 52.5 cm³/mol. The van der Waals surface area contributed by atoms with E-state index in [2.05, 4.69) is 4.98 Å². The first kappa shape index (κ1) is 10.4. The Kier molecular flexibility index (Phi) is 3.35. The van der Waals surface area contributed by atoms with E-state index in [-0.39, 0.29) is 5.78 Å². The van der Waals surface area contributed by atoms with Crippen molar-refractivity contribution < 1.29 is 4.79 Å². The van der Waals surface area contributed by atoms with Crippen molar-refractivity contribution in [1.29, 1.82) is 5.26 Å². The lowest BCUT2D eigenvalue weighted by Crippen LogP contribution is -2.12. The fraction of sp³-hybridized carbons (Fsp3) is 0.364. The zero-order valence-electron chi connectivity index (χ0n) is 8.32. The third-order valence-corrected chi connectivity index (χ3v) is 2.21. The summed E-state index contributed by atoms with van der Waals surface area (Å²) in [5.74, 6) is -0.611. The van der Waals surface area contributed by atoms with Crippen LogP contribution in [0.3, 0.4) is 0 Å². The molecule has 0 aliphatic heterocycles. The maximum absolute atomic E-state index is 11.1. The topological polar surface area (TPSA) is 53.8 Å². The molecule has 1 aromatic rings. The van der Waals surface area contributed by atoms with Crippen molar-refractivity contribution in [2.45, 2.75) is 20.3 Å². The van der Waals surface area contributed by atoms with Crippen molar-refractivity contribution in [3.05, 3.63) is 29.6 Å². The fourth-order valence-electron chi connectivity index (χ4n) is 1.23. The lowest BCUT2D eigenvalue weighted by Gasteiger charge is -2.07. The van der Waals surface area contributed by atoms with Crippen LogP contribution < -0.4 is 0 Å². The van der Waals surface area contributed by atoms with Gasteiger partial charge in [0.05, 0.1) is 6.07 Å². The summed E-state index contributed by atoms with van der Waals surface area (Å²) >= 11 is 0. The van der Waals surface area contributed by atoms with Gasteiger partial charge in [-0.2, -0.15) is 5.26 Å². The number of nitrogens with zero attached hydrogens (tertiary/aromatic N) is 2. The van der Waals surface area contributed by atoms with Crippen molar-refractivity contribution >= 4 is 5.78 Å². The fourth-order valence-corrected chi connectivity index (χ4v) is 1.23. The van der Waals surface area contributed by atoms with Crippen molar-refractivity contribution in [3.63, 3.8) is 0 Å². The molecule has 0 saturated carbocycles. The number of hydrogen-bond donors (Lipinski definition) is 0. The van der Waals surface area contributed by atoms with Gasteiger partial charge in [-0.15, -0.1) is 0 Å². The second-order valence-corrected chi connectivity index (χ2v) is 3.30. The summed E-state index contributed by atoms with van der Waals surface area (Å²) in [6.45, 7) is 3.38. The van der Waals surface area contributed by atoms with Crippen LogP contribution in [0.15, 0.2) is 18.5 Å². The van der Waals surface area contributed by atoms with Gasteiger partial charge in [0, 0.05) is 12.4 Å². The number of nitriles is 1. The first-order valence-corrected chi connectivity index (χ1v) is 4.44. The Morgan fingerprint density at radius 1 is 1.71 bits per heavy atom. The molecule has 1 heterocycles. The average molecular weight is 188 g/mol. The summed E-state index contributed by atoms with van der Waals surface area (Å²) in [4.78, 5) is 15.0. The van der Waals surface area contributed by atoms with Crippen LogP contribution in [0.1, 0.15) is 18.1 Å². The SMILES string of the molecule is CC(=O)C(C#N)Cc1ccncc1C. The van der Waals surface area contributed by atoms with Crippen LogP contribution >= 0.6 is 0 Å². The van der Waals surface area contributed by atoms with Gasteiger partial charge in [-0.3, -0.25) is 9.78 Å². The molecule has 0 N–H and O–H groups in total. The summed E-state index contributed by atoms with van der Waals surface area (Å²) in [6.07, 6.45) is 3.90. The van der Waals surface area contributed by atoms with Gasteiger partial charge in [-0.25, -0.2) is 0 Å². The van der Waals surface area contributed by atoms with Crippen LogP contribution in [0.5, 0.6) is 0 Å². The van der Waals surface area contributed by atoms with Gasteiger partial charge in [0.2, 0.25) is 0 Å². The van der Waals surface area contributed by atoms with Crippen molar-refractivity contribution in [1.82, 2.24) is 4.98 Å². The Balaban J connectivity index is 2.84. The summed E-state index contributed by atoms with van der Waals surface area (Å²) in [6, 6.07) is 3.86. The maximum Gasteiger partial charge on any atom is 0.147 e. The molecule has 0 amide bonds. The molecule has 0 aliphatic carbocycles. The number of aryl methyl sites for hydroxylation is 1. The monoisotopic (exact) mass is 188 g/mol. The quantitative estimate of drug-likeness (QED) is 0.724. The van der Waals surface area contributed by atoms with Gasteiger partial charge >= 0.3 is 0 Å². The first-order chi connectivity index (χ1) is 6.65. The molecule has 3 heteroatoms. The highest BCUT2D eigenvalue weighted by Gasteiger charge is 2.14. The molecule has 1 rings (SSSR count). The van der Waals surface area contributed by atoms with Crippen molar-refractivity contribution in [3.8, 4) is 6.07 Å². The van der Waals surface area contributed by atoms with E-state index in [9.17, 15) is 4.79 Å². The van der Waals surface area contributed by atoms with Crippen molar-refractivity contribution in [2.24, 2.45) is 5.92 Å². The molecular formula is C11H12N2O. The molecule has 1 unspecified atom stereocenters. The third-order valence-electron chi connectivity index (χ3n) is 2.21. The van der Waals surface area contributed by atoms with Gasteiger partial charge in [-0.05, 0) is 37.5 Å². The number of Topliss-reactive ketones (excluding diaryl/α,β-unsaturated/α-hetero) is 1. The zero-order chi connectivity index (χ0) is 10.6. The molecule has 14 heavy (non-hydrogen) atoms. The predicted octanol–water partition coefficient (Wildman–Crippen LogP) is 1.66. The smallest absolute Gasteiger partial charge is 0.147 e. The van der Waals surface area contributed by atoms with Gasteiger partial charge in [0.1, 0.15) is 11.7 Å². The van der Waals surface area contributed by atoms with E-state index < -0.39 is 5.92 Å². The minimum atomic E-state index is -0.531. The molecular weight excluding hydrogens is 176 g/mol. The van der Waals surface area contributed by atoms with E-state index in [0.717, 1.165) is 11.1 Å². The van der Waals surface area contributed by atoms with Crippen LogP contribution in [0.2, 0.25) is 0 Å². The lowest BCUT2D eigenvalue weighted by molar-refractivity contribution is -0.119. The van der Waals surface area contributed by atoms with Crippen LogP contribution in [0.25, 0.3) is 0 Å². The maximum atomic E-state index is 11.1. The molecule has 1 aromatic heterocycles. The molecule has 0 bridgehead atoms. The van der Waals surface area contributed by atoms with Gasteiger partial charge < -0.3 is 0 Å². The molecule has 0 aromatic carbocycles. The number of aromatic nitrogens is 1. The van der Waals surface area contributed by atoms with E-state index >= 15 is 0 Å². The van der Waals surface area contributed by atoms with Gasteiger partial charge in [0.25, 0.3) is 0 Å². The highest BCUT2D eigenvalue weighted by Crippen LogP contribution is 2.12. The Morgan fingerprint density at radius 3 is 2.93 bits per heavy atom. The Hall–Kier alpha value is -1.69. The first-order valence-electron chi connectivity index (χ1n) is 4.44. The molecule has 0 spiro atoms. The summed E-state index contributed by atoms with van der Waals surface area (Å²) in [7, 11) is 0. The van der Waals surface area contributed by atoms with E-state index in [1.807, 2.05) is 19.1 Å². The lowest BCUT2D eigenvalue weighted by atomic mass is 9.96. The Morgan fingerprint density at radius 2 is 2.43 bits per heavy atom. The molecule has 0 aliphatic rings. The molecule has 0 fully saturated rings. The number of carbonyl (C=O) groups is 1. The van der Waals surface area contributed by atoms with Crippen LogP contribution in [0, 0.1) is 24.2 Å². The van der Waals surface area contributed by atoms with E-state index in [1.165, 1.54) is 6.92 Å². The number of hydrogen-bond acceptors (Lipinski definition) is 3.